The molecular formula is C9H9ClN2OS2. The summed E-state index contributed by atoms with van der Waals surface area (Å²) in [7, 11) is 0. The molecule has 0 bridgehead atoms. The monoisotopic (exact) mass is 260 g/mol. The van der Waals surface area contributed by atoms with Crippen LogP contribution in [0.2, 0.25) is 5.02 Å². The minimum absolute atomic E-state index is 0.00836. The van der Waals surface area contributed by atoms with Gasteiger partial charge in [-0.05, 0) is 6.07 Å². The molecule has 0 atom stereocenters. The Bertz CT molecular complexity index is 488. The van der Waals surface area contributed by atoms with E-state index in [4.69, 9.17) is 11.6 Å². The number of thiazole rings is 1. The minimum Gasteiger partial charge on any atom is -0.315 e. The van der Waals surface area contributed by atoms with Crippen molar-refractivity contribution in [2.75, 3.05) is 0 Å². The fraction of sp³-hybridized carbons (Fsp3) is 0.222. The molecule has 0 spiro atoms. The standard InChI is InChI=1S/C9H9ClN2OS2/c10-6-1-8(14-4-6)3-11-2-7-5-15-9(13)12-7/h1,4-5,11H,2-3H2,(H,12,13). The van der Waals surface area contributed by atoms with Crippen LogP contribution in [0.4, 0.5) is 0 Å². The van der Waals surface area contributed by atoms with Crippen LogP contribution in [0.1, 0.15) is 10.6 Å². The van der Waals surface area contributed by atoms with Crippen LogP contribution in [0, 0.1) is 0 Å². The highest BCUT2D eigenvalue weighted by atomic mass is 35.5. The summed E-state index contributed by atoms with van der Waals surface area (Å²) in [6, 6.07) is 1.94. The third kappa shape index (κ3) is 3.17. The van der Waals surface area contributed by atoms with E-state index in [1.54, 1.807) is 11.3 Å². The summed E-state index contributed by atoms with van der Waals surface area (Å²) in [5, 5.41) is 7.75. The highest BCUT2D eigenvalue weighted by Crippen LogP contribution is 2.18. The molecule has 2 aromatic heterocycles. The number of halogens is 1. The normalized spacial score (nSPS) is 10.7. The Morgan fingerprint density at radius 2 is 2.20 bits per heavy atom. The van der Waals surface area contributed by atoms with Crippen LogP contribution in [-0.2, 0) is 13.1 Å². The SMILES string of the molecule is O=c1[nH]c(CNCc2cc(Cl)cs2)cs1. The molecule has 0 unspecified atom stereocenters. The molecule has 0 aromatic carbocycles. The van der Waals surface area contributed by atoms with Gasteiger partial charge in [0, 0.05) is 34.4 Å². The zero-order valence-electron chi connectivity index (χ0n) is 7.75. The predicted octanol–water partition coefficient (Wildman–Crippen LogP) is 2.44. The van der Waals surface area contributed by atoms with Crippen molar-refractivity contribution in [3.05, 3.63) is 42.1 Å². The molecule has 3 nitrogen and oxygen atoms in total. The lowest BCUT2D eigenvalue weighted by atomic mass is 10.4. The first-order chi connectivity index (χ1) is 7.24. The average molecular weight is 261 g/mol. The van der Waals surface area contributed by atoms with Crippen molar-refractivity contribution in [2.45, 2.75) is 13.1 Å². The summed E-state index contributed by atoms with van der Waals surface area (Å²) in [5.41, 5.74) is 0.924. The summed E-state index contributed by atoms with van der Waals surface area (Å²) >= 11 is 8.61. The van der Waals surface area contributed by atoms with Crippen molar-refractivity contribution >= 4 is 34.3 Å². The van der Waals surface area contributed by atoms with Crippen LogP contribution in [0.15, 0.2) is 21.6 Å². The number of hydrogen-bond acceptors (Lipinski definition) is 4. The van der Waals surface area contributed by atoms with Crippen LogP contribution in [0.5, 0.6) is 0 Å². The van der Waals surface area contributed by atoms with Crippen molar-refractivity contribution < 1.29 is 0 Å². The fourth-order valence-electron chi connectivity index (χ4n) is 1.17. The summed E-state index contributed by atoms with van der Waals surface area (Å²) in [6.45, 7) is 1.45. The van der Waals surface area contributed by atoms with E-state index in [0.29, 0.717) is 6.54 Å². The van der Waals surface area contributed by atoms with E-state index in [9.17, 15) is 4.79 Å². The third-order valence-electron chi connectivity index (χ3n) is 1.81. The Morgan fingerprint density at radius 3 is 2.80 bits per heavy atom. The van der Waals surface area contributed by atoms with Crippen molar-refractivity contribution in [3.8, 4) is 0 Å². The summed E-state index contributed by atoms with van der Waals surface area (Å²) in [5.74, 6) is 0. The zero-order valence-corrected chi connectivity index (χ0v) is 10.1. The molecule has 0 aliphatic rings. The van der Waals surface area contributed by atoms with Crippen LogP contribution < -0.4 is 10.2 Å². The fourth-order valence-corrected chi connectivity index (χ4v) is 2.79. The van der Waals surface area contributed by atoms with Crippen LogP contribution in [0.3, 0.4) is 0 Å². The molecule has 2 rings (SSSR count). The van der Waals surface area contributed by atoms with Gasteiger partial charge in [0.2, 0.25) is 0 Å². The summed E-state index contributed by atoms with van der Waals surface area (Å²) in [6.07, 6.45) is 0. The van der Waals surface area contributed by atoms with Gasteiger partial charge in [-0.15, -0.1) is 11.3 Å². The molecule has 0 saturated carbocycles. The Hall–Kier alpha value is -0.620. The van der Waals surface area contributed by atoms with E-state index >= 15 is 0 Å². The summed E-state index contributed by atoms with van der Waals surface area (Å²) < 4.78 is 0. The summed E-state index contributed by atoms with van der Waals surface area (Å²) in [4.78, 5) is 14.8. The molecule has 0 saturated heterocycles. The van der Waals surface area contributed by atoms with E-state index in [1.165, 1.54) is 16.2 Å². The van der Waals surface area contributed by atoms with Crippen LogP contribution >= 0.6 is 34.3 Å². The minimum atomic E-state index is -0.00836. The average Bonchev–Trinajstić information content (AvgIpc) is 2.76. The van der Waals surface area contributed by atoms with E-state index in [0.717, 1.165) is 17.3 Å². The Labute approximate surface area is 99.7 Å². The Kier molecular flexibility index (Phi) is 3.58. The second-order valence-corrected chi connectivity index (χ2v) is 5.28. The number of aromatic nitrogens is 1. The number of hydrogen-bond donors (Lipinski definition) is 2. The molecule has 0 amide bonds. The van der Waals surface area contributed by atoms with Gasteiger partial charge in [-0.1, -0.05) is 22.9 Å². The van der Waals surface area contributed by atoms with Gasteiger partial charge in [0.15, 0.2) is 0 Å². The van der Waals surface area contributed by atoms with Gasteiger partial charge in [-0.2, -0.15) is 0 Å². The van der Waals surface area contributed by atoms with E-state index in [1.807, 2.05) is 16.8 Å². The highest BCUT2D eigenvalue weighted by molar-refractivity contribution is 7.10. The van der Waals surface area contributed by atoms with E-state index in [2.05, 4.69) is 10.3 Å². The van der Waals surface area contributed by atoms with Gasteiger partial charge < -0.3 is 10.3 Å². The number of nitrogens with one attached hydrogen (secondary N) is 2. The van der Waals surface area contributed by atoms with Gasteiger partial charge in [0.05, 0.1) is 5.02 Å². The van der Waals surface area contributed by atoms with Gasteiger partial charge in [0.1, 0.15) is 0 Å². The Morgan fingerprint density at radius 1 is 1.33 bits per heavy atom. The van der Waals surface area contributed by atoms with Crippen molar-refractivity contribution in [1.29, 1.82) is 0 Å². The first-order valence-electron chi connectivity index (χ1n) is 4.34. The topological polar surface area (TPSA) is 44.9 Å². The van der Waals surface area contributed by atoms with E-state index < -0.39 is 0 Å². The molecule has 0 aliphatic heterocycles. The molecule has 15 heavy (non-hydrogen) atoms. The molecule has 0 radical (unpaired) electrons. The molecule has 6 heteroatoms. The van der Waals surface area contributed by atoms with Crippen molar-refractivity contribution in [3.63, 3.8) is 0 Å². The largest absolute Gasteiger partial charge is 0.315 e. The molecular weight excluding hydrogens is 252 g/mol. The van der Waals surface area contributed by atoms with Crippen molar-refractivity contribution in [1.82, 2.24) is 10.3 Å². The number of H-pyrrole nitrogens is 1. The number of rotatable bonds is 4. The lowest BCUT2D eigenvalue weighted by molar-refractivity contribution is 0.688. The van der Waals surface area contributed by atoms with Crippen LogP contribution in [0.25, 0.3) is 0 Å². The maximum absolute atomic E-state index is 10.8. The quantitative estimate of drug-likeness (QED) is 0.887. The molecule has 0 fully saturated rings. The predicted molar refractivity (Wildman–Crippen MR) is 64.8 cm³/mol. The van der Waals surface area contributed by atoms with Crippen molar-refractivity contribution in [2.24, 2.45) is 0 Å². The van der Waals surface area contributed by atoms with Crippen LogP contribution in [-0.4, -0.2) is 4.98 Å². The van der Waals surface area contributed by atoms with Gasteiger partial charge in [-0.25, -0.2) is 0 Å². The molecule has 2 aromatic rings. The maximum Gasteiger partial charge on any atom is 0.304 e. The van der Waals surface area contributed by atoms with Gasteiger partial charge in [-0.3, -0.25) is 4.79 Å². The first kappa shape index (κ1) is 10.9. The number of aromatic amines is 1. The number of thiophene rings is 1. The Balaban J connectivity index is 1.82. The highest BCUT2D eigenvalue weighted by Gasteiger charge is 1.99. The lowest BCUT2D eigenvalue weighted by Gasteiger charge is -1.99. The second-order valence-electron chi connectivity index (χ2n) is 3.01. The molecule has 0 aliphatic carbocycles. The second kappa shape index (κ2) is 4.94. The van der Waals surface area contributed by atoms with Gasteiger partial charge in [0.25, 0.3) is 0 Å². The molecule has 2 N–H and O–H groups in total. The third-order valence-corrected chi connectivity index (χ3v) is 3.81. The lowest BCUT2D eigenvalue weighted by Crippen LogP contribution is -2.12. The van der Waals surface area contributed by atoms with Gasteiger partial charge >= 0.3 is 4.87 Å². The smallest absolute Gasteiger partial charge is 0.304 e. The zero-order chi connectivity index (χ0) is 10.7. The van der Waals surface area contributed by atoms with E-state index in [-0.39, 0.29) is 4.87 Å². The first-order valence-corrected chi connectivity index (χ1v) is 6.48. The molecule has 80 valence electrons. The maximum atomic E-state index is 10.8. The molecule has 2 heterocycles.